The van der Waals surface area contributed by atoms with Crippen molar-refractivity contribution in [3.8, 4) is 28.7 Å². The second kappa shape index (κ2) is 74.1. The van der Waals surface area contributed by atoms with Gasteiger partial charge in [0.25, 0.3) is 0 Å². The van der Waals surface area contributed by atoms with Gasteiger partial charge in [0, 0.05) is 24.5 Å². The molecule has 20 heteroatoms. The van der Waals surface area contributed by atoms with E-state index >= 15 is 0 Å². The van der Waals surface area contributed by atoms with Gasteiger partial charge in [0.15, 0.2) is 0 Å². The fraction of sp³-hybridized carbons (Fsp3) is 0.500. The molecule has 5 aliphatic rings. The third-order valence-electron chi connectivity index (χ3n) is 31.1. The predicted octanol–water partition coefficient (Wildman–Crippen LogP) is 39.9. The number of benzene rings is 10. The highest BCUT2D eigenvalue weighted by Crippen LogP contribution is 2.45. The van der Waals surface area contributed by atoms with E-state index in [1.54, 1.807) is 60.7 Å². The predicted molar refractivity (Wildman–Crippen MR) is 628 cm³/mol. The van der Waals surface area contributed by atoms with E-state index in [0.29, 0.717) is 86.2 Å². The summed E-state index contributed by atoms with van der Waals surface area (Å²) in [6.45, 7) is 11.4. The highest BCUT2D eigenvalue weighted by atomic mass is 32.1. The Morgan fingerprint density at radius 1 is 0.180 bits per heavy atom. The van der Waals surface area contributed by atoms with Crippen molar-refractivity contribution in [1.82, 2.24) is 0 Å². The summed E-state index contributed by atoms with van der Waals surface area (Å²) in [5.41, 5.74) is 9.82. The van der Waals surface area contributed by atoms with Gasteiger partial charge >= 0.3 is 29.8 Å². The van der Waals surface area contributed by atoms with Crippen LogP contribution in [-0.4, -0.2) is 29.8 Å². The molecule has 10 nitrogen and oxygen atoms in total. The summed E-state index contributed by atoms with van der Waals surface area (Å²) in [5.74, 6) is 8.98. The Hall–Kier alpha value is -9.05. The van der Waals surface area contributed by atoms with Crippen LogP contribution in [0.3, 0.4) is 0 Å². The Morgan fingerprint density at radius 2 is 0.307 bits per heavy atom. The van der Waals surface area contributed by atoms with Gasteiger partial charge in [0.1, 0.15) is 28.7 Å². The van der Waals surface area contributed by atoms with Gasteiger partial charge in [-0.05, 0) is 397 Å². The van der Waals surface area contributed by atoms with E-state index in [-0.39, 0.29) is 53.4 Å². The fourth-order valence-corrected chi connectivity index (χ4v) is 22.7. The summed E-state index contributed by atoms with van der Waals surface area (Å²) < 4.78 is 27.2. The molecule has 0 aromatic heterocycles. The van der Waals surface area contributed by atoms with Gasteiger partial charge in [-0.25, -0.2) is 24.0 Å². The van der Waals surface area contributed by atoms with Gasteiger partial charge in [-0.2, -0.15) is 0 Å². The third kappa shape index (κ3) is 47.5. The molecule has 5 aliphatic carbocycles. The molecule has 0 N–H and O–H groups in total. The summed E-state index contributed by atoms with van der Waals surface area (Å²) in [6.07, 6.45) is 68.0. The molecule has 0 spiro atoms. The summed E-state index contributed by atoms with van der Waals surface area (Å²) in [4.78, 5) is 66.0. The Labute approximate surface area is 923 Å². The zero-order valence-electron chi connectivity index (χ0n) is 90.1. The third-order valence-corrected chi connectivity index (χ3v) is 32.6. The number of hydrogen-bond acceptors (Lipinski definition) is 15. The van der Waals surface area contributed by atoms with Gasteiger partial charge in [-0.3, -0.25) is 23.5 Å². The monoisotopic (exact) mass is 2150 g/mol. The normalized spacial score (nSPS) is 18.5. The van der Waals surface area contributed by atoms with Crippen molar-refractivity contribution in [2.45, 2.75) is 410 Å². The average molecular weight is 2150 g/mol. The van der Waals surface area contributed by atoms with E-state index < -0.39 is 0 Å². The largest absolute Gasteiger partial charge is 0.423 e. The first-order valence-electron chi connectivity index (χ1n) is 56.3. The zero-order valence-corrected chi connectivity index (χ0v) is 94.6. The average Bonchev–Trinajstić information content (AvgIpc) is 0.852. The van der Waals surface area contributed by atoms with Crippen LogP contribution in [0.4, 0.5) is 23.5 Å². The fourth-order valence-electron chi connectivity index (χ4n) is 22.0. The van der Waals surface area contributed by atoms with Crippen molar-refractivity contribution in [3.05, 3.63) is 298 Å². The van der Waals surface area contributed by atoms with E-state index in [4.69, 9.17) is 23.7 Å². The molecule has 5 fully saturated rings. The van der Waals surface area contributed by atoms with Crippen molar-refractivity contribution >= 4 is 93.0 Å². The number of thiol groups is 5. The van der Waals surface area contributed by atoms with Gasteiger partial charge in [-0.15, -0.1) is 63.1 Å². The summed E-state index contributed by atoms with van der Waals surface area (Å²) >= 11 is 21.2. The lowest BCUT2D eigenvalue weighted by molar-refractivity contribution is 0.0725. The summed E-state index contributed by atoms with van der Waals surface area (Å²) in [6, 6.07) is 76.0. The Morgan fingerprint density at radius 3 is 0.433 bits per heavy atom. The number of halogens is 5. The Kier molecular flexibility index (Phi) is 64.0. The first-order chi connectivity index (χ1) is 70.8. The molecule has 0 heterocycles. The highest BCUT2D eigenvalue weighted by molar-refractivity contribution is 7.81. The lowest BCUT2D eigenvalue weighted by Crippen LogP contribution is -2.14. The van der Waals surface area contributed by atoms with E-state index in [9.17, 15) is 24.0 Å². The van der Waals surface area contributed by atoms with Crippen LogP contribution >= 0.6 is 63.1 Å². The Bertz CT molecular complexity index is 4520. The van der Waals surface area contributed by atoms with E-state index in [0.717, 1.165) is 54.1 Å². The van der Waals surface area contributed by atoms with Crippen molar-refractivity contribution in [2.24, 2.45) is 29.6 Å². The Balaban J connectivity index is 0.000000284. The maximum atomic E-state index is 12.4. The van der Waals surface area contributed by atoms with Crippen LogP contribution in [0, 0.1) is 29.6 Å². The smallest absolute Gasteiger partial charge is 0.343 e. The van der Waals surface area contributed by atoms with E-state index in [2.05, 4.69) is 158 Å². The van der Waals surface area contributed by atoms with Crippen LogP contribution in [0.15, 0.2) is 267 Å². The molecule has 10 aromatic rings. The SMILES string of the molecule is CCCCCCCC1CCC(c2ccc(C(=O)Oc3ccc(S)cc3)cc2)CC1.CCCCCCCC1CCC(c2ccc(C(=O)Oc3ccc(S)cc3)cc2)CC1.CCCCCCCC1CCC(c2ccc(C(=O)Oc3ccc(S)cc3)cc2)CC1.CCCCCCCC1CCC(c2ccc(C(=O)Oc3ccc(S)cc3)cc2)CC1.CCCCCCCC1CCC(c2ccc(C(=O)Oc3ccc(S)cc3)cc2)CC1.F.F.F.F.F. The quantitative estimate of drug-likeness (QED) is 0.00827. The van der Waals surface area contributed by atoms with Crippen LogP contribution in [0.25, 0.3) is 0 Å². The van der Waals surface area contributed by atoms with E-state index in [1.807, 2.05) is 121 Å². The molecule has 5 saturated carbocycles. The molecule has 820 valence electrons. The molecular formula is C130H175F5O10S5. The molecule has 10 aromatic carbocycles. The maximum absolute atomic E-state index is 12.4. The van der Waals surface area contributed by atoms with Crippen molar-refractivity contribution in [3.63, 3.8) is 0 Å². The minimum Gasteiger partial charge on any atom is -0.423 e. The minimum absolute atomic E-state index is 0. The molecule has 15 rings (SSSR count). The number of esters is 5. The second-order valence-corrected chi connectivity index (χ2v) is 44.7. The first kappa shape index (κ1) is 130. The topological polar surface area (TPSA) is 132 Å². The molecule has 0 amide bonds. The van der Waals surface area contributed by atoms with Crippen molar-refractivity contribution in [1.29, 1.82) is 0 Å². The number of hydrogen-bond donors (Lipinski definition) is 5. The van der Waals surface area contributed by atoms with E-state index in [1.165, 1.54) is 349 Å². The summed E-state index contributed by atoms with van der Waals surface area (Å²) in [7, 11) is 0. The minimum atomic E-state index is -0.310. The number of carbonyl (C=O) groups excluding carboxylic acids is 5. The van der Waals surface area contributed by atoms with Crippen molar-refractivity contribution in [2.75, 3.05) is 0 Å². The molecule has 0 atom stereocenters. The zero-order chi connectivity index (χ0) is 102. The molecule has 0 saturated heterocycles. The van der Waals surface area contributed by atoms with Gasteiger partial charge in [-0.1, -0.05) is 288 Å². The van der Waals surface area contributed by atoms with Crippen LogP contribution in [0.2, 0.25) is 0 Å². The molecule has 0 aliphatic heterocycles. The number of rotatable bonds is 45. The lowest BCUT2D eigenvalue weighted by Gasteiger charge is -2.29. The van der Waals surface area contributed by atoms with Crippen LogP contribution in [0.1, 0.15) is 465 Å². The number of carbonyl (C=O) groups is 5. The first-order valence-corrected chi connectivity index (χ1v) is 58.6. The number of unbranched alkanes of at least 4 members (excludes halogenated alkanes) is 20. The van der Waals surface area contributed by atoms with Crippen LogP contribution < -0.4 is 23.7 Å². The molecule has 0 radical (unpaired) electrons. The molecule has 0 bridgehead atoms. The standard InChI is InChI=1S/5C26H34O2S.5FH/c5*1-2-3-4-5-6-7-20-8-10-21(11-9-20)22-12-14-23(15-13-22)26(27)28-24-16-18-25(29)19-17-24;;;;;/h5*12-21,29H,2-11H2,1H3;5*1H. The second-order valence-electron chi connectivity index (χ2n) is 42.1. The van der Waals surface area contributed by atoms with Crippen LogP contribution in [0.5, 0.6) is 28.7 Å². The van der Waals surface area contributed by atoms with Gasteiger partial charge in [0.05, 0.1) is 27.8 Å². The highest BCUT2D eigenvalue weighted by Gasteiger charge is 2.29. The maximum Gasteiger partial charge on any atom is 0.343 e. The van der Waals surface area contributed by atoms with Gasteiger partial charge in [0.2, 0.25) is 0 Å². The summed E-state index contributed by atoms with van der Waals surface area (Å²) in [5, 5.41) is 0. The molecular weight excluding hydrogens is 1980 g/mol. The van der Waals surface area contributed by atoms with Crippen LogP contribution in [-0.2, 0) is 0 Å². The molecule has 150 heavy (non-hydrogen) atoms. The molecule has 0 unspecified atom stereocenters. The lowest BCUT2D eigenvalue weighted by atomic mass is 9.77. The van der Waals surface area contributed by atoms with Crippen molar-refractivity contribution < 1.29 is 71.2 Å². The number of ether oxygens (including phenoxy) is 5. The van der Waals surface area contributed by atoms with Gasteiger partial charge < -0.3 is 23.7 Å².